The molecule has 0 spiro atoms. The molecule has 0 bridgehead atoms. The van der Waals surface area contributed by atoms with E-state index < -0.39 is 0 Å². The van der Waals surface area contributed by atoms with Gasteiger partial charge in [0.05, 0.1) is 0 Å². The molecule has 0 atom stereocenters. The highest BCUT2D eigenvalue weighted by atomic mass is 79.9. The lowest BCUT2D eigenvalue weighted by Gasteiger charge is -2.20. The first-order chi connectivity index (χ1) is 16.8. The lowest BCUT2D eigenvalue weighted by molar-refractivity contribution is 1.45. The van der Waals surface area contributed by atoms with Crippen LogP contribution < -0.4 is 0 Å². The zero-order chi connectivity index (χ0) is 22.9. The summed E-state index contributed by atoms with van der Waals surface area (Å²) in [5.41, 5.74) is 8.90. The van der Waals surface area contributed by atoms with Gasteiger partial charge in [0.25, 0.3) is 0 Å². The Hall–Kier alpha value is -3.68. The van der Waals surface area contributed by atoms with Crippen LogP contribution in [0, 0.1) is 0 Å². The number of benzene rings is 6. The van der Waals surface area contributed by atoms with Crippen molar-refractivity contribution in [3.63, 3.8) is 0 Å². The van der Waals surface area contributed by atoms with Crippen LogP contribution in [0.4, 0.5) is 0 Å². The second-order valence-corrected chi connectivity index (χ2v) is 9.17. The minimum absolute atomic E-state index is 0.779. The number of halogens is 1. The van der Waals surface area contributed by atoms with Crippen molar-refractivity contribution in [1.82, 2.24) is 0 Å². The van der Waals surface area contributed by atoms with Crippen LogP contribution in [0.15, 0.2) is 127 Å². The molecule has 1 heteroatoms. The maximum Gasteiger partial charge on any atom is 0.0295 e. The summed E-state index contributed by atoms with van der Waals surface area (Å²) in [6.45, 7) is 0. The Labute approximate surface area is 208 Å². The maximum atomic E-state index is 3.87. The fourth-order valence-corrected chi connectivity index (χ4v) is 5.61. The number of rotatable bonds is 4. The normalized spacial score (nSPS) is 11.2. The predicted molar refractivity (Wildman–Crippen MR) is 150 cm³/mol. The molecule has 0 aromatic heterocycles. The Morgan fingerprint density at radius 3 is 1.68 bits per heavy atom. The first-order valence-corrected chi connectivity index (χ1v) is 12.7. The molecule has 0 aliphatic rings. The van der Waals surface area contributed by atoms with Gasteiger partial charge in [-0.15, -0.1) is 0 Å². The molecular weight excluding hydrogens is 476 g/mol. The van der Waals surface area contributed by atoms with Gasteiger partial charge in [-0.05, 0) is 78.7 Å². The molecule has 0 saturated carbocycles. The van der Waals surface area contributed by atoms with Crippen LogP contribution >= 0.6 is 15.9 Å². The quantitative estimate of drug-likeness (QED) is 0.212. The molecule has 34 heavy (non-hydrogen) atoms. The Morgan fingerprint density at radius 2 is 1.00 bits per heavy atom. The zero-order valence-electron chi connectivity index (χ0n) is 18.7. The van der Waals surface area contributed by atoms with E-state index in [-0.39, 0.29) is 0 Å². The van der Waals surface area contributed by atoms with E-state index in [1.54, 1.807) is 0 Å². The van der Waals surface area contributed by atoms with Gasteiger partial charge < -0.3 is 0 Å². The van der Waals surface area contributed by atoms with Crippen molar-refractivity contribution >= 4 is 37.5 Å². The molecule has 0 aliphatic heterocycles. The summed E-state index contributed by atoms with van der Waals surface area (Å²) in [5.74, 6) is 0. The van der Waals surface area contributed by atoms with Crippen molar-refractivity contribution in [3.05, 3.63) is 133 Å². The van der Waals surface area contributed by atoms with E-state index in [2.05, 4.69) is 143 Å². The van der Waals surface area contributed by atoms with E-state index in [9.17, 15) is 0 Å². The third-order valence-electron chi connectivity index (χ3n) is 6.61. The van der Waals surface area contributed by atoms with E-state index in [1.165, 1.54) is 60.5 Å². The molecule has 0 saturated heterocycles. The van der Waals surface area contributed by atoms with Crippen LogP contribution in [-0.4, -0.2) is 0 Å². The third-order valence-corrected chi connectivity index (χ3v) is 7.17. The van der Waals surface area contributed by atoms with Gasteiger partial charge in [-0.3, -0.25) is 0 Å². The van der Waals surface area contributed by atoms with E-state index >= 15 is 0 Å². The standard InChI is InChI=1S/C33H23Br/c34-22-32-30(24-13-5-2-6-14-24)20-26-16-8-10-18-29(26)33(32)31-21-27(23-11-3-1-4-12-23)19-25-15-7-9-17-28(25)31/h1-21H,22H2. The molecule has 0 unspecified atom stereocenters. The van der Waals surface area contributed by atoms with Gasteiger partial charge >= 0.3 is 0 Å². The van der Waals surface area contributed by atoms with E-state index in [1.807, 2.05) is 0 Å². The molecule has 0 radical (unpaired) electrons. The fourth-order valence-electron chi connectivity index (χ4n) is 5.03. The Kier molecular flexibility index (Phi) is 5.49. The molecule has 6 aromatic rings. The first-order valence-electron chi connectivity index (χ1n) is 11.6. The highest BCUT2D eigenvalue weighted by Gasteiger charge is 2.18. The lowest BCUT2D eigenvalue weighted by atomic mass is 9.85. The van der Waals surface area contributed by atoms with E-state index in [0.29, 0.717) is 0 Å². The number of hydrogen-bond acceptors (Lipinski definition) is 0. The van der Waals surface area contributed by atoms with Crippen LogP contribution in [0.2, 0.25) is 0 Å². The lowest BCUT2D eigenvalue weighted by Crippen LogP contribution is -1.95. The van der Waals surface area contributed by atoms with E-state index in [4.69, 9.17) is 0 Å². The second-order valence-electron chi connectivity index (χ2n) is 8.61. The van der Waals surface area contributed by atoms with Gasteiger partial charge in [-0.2, -0.15) is 0 Å². The molecule has 0 amide bonds. The van der Waals surface area contributed by atoms with Gasteiger partial charge in [0.15, 0.2) is 0 Å². The van der Waals surface area contributed by atoms with Gasteiger partial charge in [0.2, 0.25) is 0 Å². The summed E-state index contributed by atoms with van der Waals surface area (Å²) < 4.78 is 0. The molecule has 0 aliphatic carbocycles. The average Bonchev–Trinajstić information content (AvgIpc) is 2.92. The van der Waals surface area contributed by atoms with Crippen molar-refractivity contribution < 1.29 is 0 Å². The highest BCUT2D eigenvalue weighted by molar-refractivity contribution is 9.08. The Balaban J connectivity index is 1.76. The van der Waals surface area contributed by atoms with Gasteiger partial charge in [0.1, 0.15) is 0 Å². The SMILES string of the molecule is BrCc1c(-c2ccccc2)cc2ccccc2c1-c1cc(-c2ccccc2)cc2ccccc12. The van der Waals surface area contributed by atoms with Crippen molar-refractivity contribution in [2.24, 2.45) is 0 Å². The summed E-state index contributed by atoms with van der Waals surface area (Å²) in [6.07, 6.45) is 0. The Morgan fingerprint density at radius 1 is 0.441 bits per heavy atom. The molecule has 6 rings (SSSR count). The maximum absolute atomic E-state index is 3.87. The molecule has 0 heterocycles. The van der Waals surface area contributed by atoms with Gasteiger partial charge in [0, 0.05) is 5.33 Å². The summed E-state index contributed by atoms with van der Waals surface area (Å²) in [4.78, 5) is 0. The minimum atomic E-state index is 0.779. The predicted octanol–water partition coefficient (Wildman–Crippen LogP) is 9.89. The van der Waals surface area contributed by atoms with Gasteiger partial charge in [-0.25, -0.2) is 0 Å². The van der Waals surface area contributed by atoms with Crippen LogP contribution in [0.25, 0.3) is 54.9 Å². The summed E-state index contributed by atoms with van der Waals surface area (Å²) >= 11 is 3.87. The number of fused-ring (bicyclic) bond motifs is 2. The summed E-state index contributed by atoms with van der Waals surface area (Å²) in [6, 6.07) is 46.0. The molecule has 0 nitrogen and oxygen atoms in total. The third kappa shape index (κ3) is 3.63. The summed E-state index contributed by atoms with van der Waals surface area (Å²) in [7, 11) is 0. The molecule has 0 N–H and O–H groups in total. The molecule has 162 valence electrons. The van der Waals surface area contributed by atoms with Crippen LogP contribution in [0.1, 0.15) is 5.56 Å². The van der Waals surface area contributed by atoms with Crippen molar-refractivity contribution in [2.75, 3.05) is 0 Å². The van der Waals surface area contributed by atoms with Crippen LogP contribution in [0.3, 0.4) is 0 Å². The van der Waals surface area contributed by atoms with Crippen LogP contribution in [-0.2, 0) is 5.33 Å². The molecular formula is C33H23Br. The Bertz CT molecular complexity index is 1620. The minimum Gasteiger partial charge on any atom is -0.0876 e. The molecule has 6 aromatic carbocycles. The number of hydrogen-bond donors (Lipinski definition) is 0. The fraction of sp³-hybridized carbons (Fsp3) is 0.0303. The van der Waals surface area contributed by atoms with E-state index in [0.717, 1.165) is 5.33 Å². The summed E-state index contributed by atoms with van der Waals surface area (Å²) in [5, 5.41) is 5.86. The smallest absolute Gasteiger partial charge is 0.0295 e. The van der Waals surface area contributed by atoms with Crippen molar-refractivity contribution in [2.45, 2.75) is 5.33 Å². The van der Waals surface area contributed by atoms with Crippen molar-refractivity contribution in [1.29, 1.82) is 0 Å². The van der Waals surface area contributed by atoms with Gasteiger partial charge in [-0.1, -0.05) is 125 Å². The first kappa shape index (κ1) is 20.9. The number of alkyl halides is 1. The zero-order valence-corrected chi connectivity index (χ0v) is 20.3. The highest BCUT2D eigenvalue weighted by Crippen LogP contribution is 2.43. The van der Waals surface area contributed by atoms with Crippen LogP contribution in [0.5, 0.6) is 0 Å². The topological polar surface area (TPSA) is 0 Å². The molecule has 0 fully saturated rings. The van der Waals surface area contributed by atoms with Crippen molar-refractivity contribution in [3.8, 4) is 33.4 Å². The average molecular weight is 499 g/mol. The second kappa shape index (κ2) is 8.93. The monoisotopic (exact) mass is 498 g/mol. The largest absolute Gasteiger partial charge is 0.0876 e.